The number of ether oxygens (including phenoxy) is 1. The van der Waals surface area contributed by atoms with Crippen LogP contribution in [0.4, 0.5) is 5.69 Å². The topological polar surface area (TPSA) is 47.3 Å². The van der Waals surface area contributed by atoms with Crippen molar-refractivity contribution >= 4 is 5.69 Å². The fraction of sp³-hybridized carbons (Fsp3) is 0.538. The summed E-state index contributed by atoms with van der Waals surface area (Å²) in [5.41, 5.74) is 7.81. The van der Waals surface area contributed by atoms with E-state index in [1.54, 1.807) is 7.11 Å². The summed E-state index contributed by atoms with van der Waals surface area (Å²) in [7, 11) is 1.64. The van der Waals surface area contributed by atoms with Crippen LogP contribution in [-0.4, -0.2) is 20.2 Å². The molecule has 0 unspecified atom stereocenters. The third-order valence-electron chi connectivity index (χ3n) is 2.59. The lowest BCUT2D eigenvalue weighted by Gasteiger charge is -2.07. The predicted octanol–water partition coefficient (Wildman–Crippen LogP) is 2.21. The van der Waals surface area contributed by atoms with Gasteiger partial charge in [-0.25, -0.2) is 0 Å². The Balaban J connectivity index is 2.34. The summed E-state index contributed by atoms with van der Waals surface area (Å²) in [6.45, 7) is 4.31. The Labute approximate surface area is 98.0 Å². The normalized spacial score (nSPS) is 10.4. The number of rotatable bonds is 7. The van der Waals surface area contributed by atoms with E-state index in [4.69, 9.17) is 10.5 Å². The molecule has 0 bridgehead atoms. The average Bonchev–Trinajstić information content (AvgIpc) is 2.29. The van der Waals surface area contributed by atoms with Crippen molar-refractivity contribution in [3.05, 3.63) is 23.8 Å². The van der Waals surface area contributed by atoms with Gasteiger partial charge in [0.2, 0.25) is 0 Å². The molecule has 0 radical (unpaired) electrons. The maximum atomic E-state index is 5.84. The van der Waals surface area contributed by atoms with E-state index in [-0.39, 0.29) is 0 Å². The van der Waals surface area contributed by atoms with Gasteiger partial charge in [0, 0.05) is 0 Å². The molecule has 3 heteroatoms. The molecule has 0 fully saturated rings. The van der Waals surface area contributed by atoms with Crippen molar-refractivity contribution in [1.82, 2.24) is 5.32 Å². The van der Waals surface area contributed by atoms with E-state index in [0.717, 1.165) is 25.3 Å². The average molecular weight is 222 g/mol. The van der Waals surface area contributed by atoms with Gasteiger partial charge >= 0.3 is 0 Å². The Hall–Kier alpha value is -1.22. The molecular weight excluding hydrogens is 200 g/mol. The third-order valence-corrected chi connectivity index (χ3v) is 2.59. The van der Waals surface area contributed by atoms with Gasteiger partial charge in [-0.2, -0.15) is 0 Å². The molecule has 0 aliphatic heterocycles. The van der Waals surface area contributed by atoms with Gasteiger partial charge in [0.25, 0.3) is 0 Å². The monoisotopic (exact) mass is 222 g/mol. The van der Waals surface area contributed by atoms with Crippen LogP contribution in [-0.2, 0) is 6.42 Å². The Bertz CT molecular complexity index is 313. The molecule has 0 saturated carbocycles. The van der Waals surface area contributed by atoms with Gasteiger partial charge in [0.1, 0.15) is 5.75 Å². The van der Waals surface area contributed by atoms with Gasteiger partial charge in [0.05, 0.1) is 12.8 Å². The molecule has 0 heterocycles. The summed E-state index contributed by atoms with van der Waals surface area (Å²) in [5, 5.41) is 3.41. The molecule has 0 aliphatic rings. The van der Waals surface area contributed by atoms with Gasteiger partial charge in [-0.05, 0) is 43.6 Å². The molecule has 0 saturated heterocycles. The SMILES string of the molecule is CCCCNCCc1ccc(OC)c(N)c1. The lowest BCUT2D eigenvalue weighted by molar-refractivity contribution is 0.417. The molecule has 3 N–H and O–H groups in total. The molecule has 0 aromatic heterocycles. The minimum absolute atomic E-state index is 0.716. The molecule has 90 valence electrons. The highest BCUT2D eigenvalue weighted by Gasteiger charge is 2.00. The van der Waals surface area contributed by atoms with Crippen molar-refractivity contribution in [2.24, 2.45) is 0 Å². The largest absolute Gasteiger partial charge is 0.495 e. The maximum Gasteiger partial charge on any atom is 0.141 e. The van der Waals surface area contributed by atoms with Crippen LogP contribution in [0.25, 0.3) is 0 Å². The van der Waals surface area contributed by atoms with Gasteiger partial charge < -0.3 is 15.8 Å². The maximum absolute atomic E-state index is 5.84. The van der Waals surface area contributed by atoms with Gasteiger partial charge in [-0.1, -0.05) is 19.4 Å². The van der Waals surface area contributed by atoms with Crippen LogP contribution >= 0.6 is 0 Å². The highest BCUT2D eigenvalue weighted by Crippen LogP contribution is 2.21. The standard InChI is InChI=1S/C13H22N2O/c1-3-4-8-15-9-7-11-5-6-13(16-2)12(14)10-11/h5-6,10,15H,3-4,7-9,14H2,1-2H3. The van der Waals surface area contributed by atoms with Crippen molar-refractivity contribution < 1.29 is 4.74 Å². The Morgan fingerprint density at radius 2 is 2.12 bits per heavy atom. The summed E-state index contributed by atoms with van der Waals surface area (Å²) >= 11 is 0. The molecule has 0 spiro atoms. The molecule has 1 aromatic carbocycles. The van der Waals surface area contributed by atoms with Crippen LogP contribution in [0.5, 0.6) is 5.75 Å². The van der Waals surface area contributed by atoms with E-state index in [1.165, 1.54) is 18.4 Å². The van der Waals surface area contributed by atoms with E-state index in [2.05, 4.69) is 18.3 Å². The number of nitrogens with one attached hydrogen (secondary N) is 1. The van der Waals surface area contributed by atoms with E-state index >= 15 is 0 Å². The minimum Gasteiger partial charge on any atom is -0.495 e. The van der Waals surface area contributed by atoms with E-state index in [0.29, 0.717) is 5.69 Å². The van der Waals surface area contributed by atoms with Crippen molar-refractivity contribution in [2.45, 2.75) is 26.2 Å². The molecule has 3 nitrogen and oxygen atoms in total. The molecular formula is C13H22N2O. The zero-order valence-electron chi connectivity index (χ0n) is 10.3. The van der Waals surface area contributed by atoms with Crippen LogP contribution in [0.2, 0.25) is 0 Å². The Morgan fingerprint density at radius 1 is 1.31 bits per heavy atom. The summed E-state index contributed by atoms with van der Waals surface area (Å²) in [4.78, 5) is 0. The second-order valence-electron chi connectivity index (χ2n) is 3.93. The summed E-state index contributed by atoms with van der Waals surface area (Å²) in [5.74, 6) is 0.752. The predicted molar refractivity (Wildman–Crippen MR) is 68.9 cm³/mol. The second-order valence-corrected chi connectivity index (χ2v) is 3.93. The summed E-state index contributed by atoms with van der Waals surface area (Å²) < 4.78 is 5.12. The first-order chi connectivity index (χ1) is 7.77. The minimum atomic E-state index is 0.716. The van der Waals surface area contributed by atoms with Crippen molar-refractivity contribution in [1.29, 1.82) is 0 Å². The van der Waals surface area contributed by atoms with Crippen molar-refractivity contribution in [2.75, 3.05) is 25.9 Å². The first kappa shape index (κ1) is 12.8. The lowest BCUT2D eigenvalue weighted by atomic mass is 10.1. The second kappa shape index (κ2) is 7.12. The summed E-state index contributed by atoms with van der Waals surface area (Å²) in [6, 6.07) is 5.98. The van der Waals surface area contributed by atoms with Crippen LogP contribution < -0.4 is 15.8 Å². The number of hydrogen-bond donors (Lipinski definition) is 2. The first-order valence-electron chi connectivity index (χ1n) is 5.91. The summed E-state index contributed by atoms with van der Waals surface area (Å²) in [6.07, 6.45) is 3.49. The smallest absolute Gasteiger partial charge is 0.141 e. The zero-order chi connectivity index (χ0) is 11.8. The number of benzene rings is 1. The highest BCUT2D eigenvalue weighted by molar-refractivity contribution is 5.54. The number of nitrogen functional groups attached to an aromatic ring is 1. The zero-order valence-corrected chi connectivity index (χ0v) is 10.3. The highest BCUT2D eigenvalue weighted by atomic mass is 16.5. The van der Waals surface area contributed by atoms with Gasteiger partial charge in [-0.15, -0.1) is 0 Å². The van der Waals surface area contributed by atoms with Crippen molar-refractivity contribution in [3.63, 3.8) is 0 Å². The van der Waals surface area contributed by atoms with E-state index < -0.39 is 0 Å². The molecule has 1 rings (SSSR count). The van der Waals surface area contributed by atoms with Gasteiger partial charge in [0.15, 0.2) is 0 Å². The fourth-order valence-corrected chi connectivity index (χ4v) is 1.60. The number of anilines is 1. The van der Waals surface area contributed by atoms with Gasteiger partial charge in [-0.3, -0.25) is 0 Å². The van der Waals surface area contributed by atoms with Crippen LogP contribution in [0.3, 0.4) is 0 Å². The molecule has 0 atom stereocenters. The number of hydrogen-bond acceptors (Lipinski definition) is 3. The van der Waals surface area contributed by atoms with Crippen molar-refractivity contribution in [3.8, 4) is 5.75 Å². The Morgan fingerprint density at radius 3 is 2.75 bits per heavy atom. The molecule has 1 aromatic rings. The number of nitrogens with two attached hydrogens (primary N) is 1. The number of methoxy groups -OCH3 is 1. The van der Waals surface area contributed by atoms with Crippen LogP contribution in [0.15, 0.2) is 18.2 Å². The molecule has 0 amide bonds. The molecule has 0 aliphatic carbocycles. The molecule has 16 heavy (non-hydrogen) atoms. The lowest BCUT2D eigenvalue weighted by Crippen LogP contribution is -2.18. The quantitative estimate of drug-likeness (QED) is 0.549. The van der Waals surface area contributed by atoms with Crippen LogP contribution in [0, 0.1) is 0 Å². The van der Waals surface area contributed by atoms with Crippen LogP contribution in [0.1, 0.15) is 25.3 Å². The number of unbranched alkanes of at least 4 members (excludes halogenated alkanes) is 1. The first-order valence-corrected chi connectivity index (χ1v) is 5.91. The van der Waals surface area contributed by atoms with E-state index in [1.807, 2.05) is 12.1 Å². The Kier molecular flexibility index (Phi) is 5.72. The van der Waals surface area contributed by atoms with E-state index in [9.17, 15) is 0 Å². The fourth-order valence-electron chi connectivity index (χ4n) is 1.60. The third kappa shape index (κ3) is 4.11.